The zero-order chi connectivity index (χ0) is 32.0. The van der Waals surface area contributed by atoms with Crippen LogP contribution in [0.25, 0.3) is 22.4 Å². The number of aromatic nitrogens is 3. The van der Waals surface area contributed by atoms with Gasteiger partial charge in [0.2, 0.25) is 0 Å². The number of hydrogen-bond acceptors (Lipinski definition) is 7. The molecule has 11 nitrogen and oxygen atoms in total. The highest BCUT2D eigenvalue weighted by atomic mass is 16.6. The Balaban J connectivity index is 1.11. The Labute approximate surface area is 261 Å². The van der Waals surface area contributed by atoms with E-state index in [1.54, 1.807) is 29.2 Å². The number of hydrogen-bond donors (Lipinski definition) is 3. The lowest BCUT2D eigenvalue weighted by atomic mass is 9.98. The average molecular weight is 612 g/mol. The van der Waals surface area contributed by atoms with Crippen LogP contribution in [0.4, 0.5) is 9.59 Å². The fourth-order valence-corrected chi connectivity index (χ4v) is 5.30. The third kappa shape index (κ3) is 8.05. The Kier molecular flexibility index (Phi) is 9.46. The van der Waals surface area contributed by atoms with Crippen molar-refractivity contribution in [2.75, 3.05) is 13.2 Å². The minimum atomic E-state index is -1.19. The van der Waals surface area contributed by atoms with E-state index in [0.29, 0.717) is 30.8 Å². The molecule has 1 aliphatic carbocycles. The summed E-state index contributed by atoms with van der Waals surface area (Å²) in [6, 6.07) is 18.4. The Hall–Kier alpha value is -5.19. The predicted molar refractivity (Wildman–Crippen MR) is 168 cm³/mol. The second-order valence-corrected chi connectivity index (χ2v) is 11.9. The van der Waals surface area contributed by atoms with Gasteiger partial charge < -0.3 is 25.2 Å². The minimum Gasteiger partial charge on any atom is -0.480 e. The molecule has 11 heteroatoms. The molecule has 0 spiro atoms. The fraction of sp³-hybridized carbons (Fsp3) is 0.324. The Morgan fingerprint density at radius 1 is 0.956 bits per heavy atom. The van der Waals surface area contributed by atoms with E-state index in [1.165, 1.54) is 0 Å². The number of aryl methyl sites for hydroxylation is 1. The number of carbonyl (C=O) groups excluding carboxylic acids is 2. The van der Waals surface area contributed by atoms with Crippen molar-refractivity contribution in [1.82, 2.24) is 25.4 Å². The summed E-state index contributed by atoms with van der Waals surface area (Å²) in [6.45, 7) is 6.57. The van der Waals surface area contributed by atoms with Crippen LogP contribution in [0.1, 0.15) is 49.8 Å². The first-order chi connectivity index (χ1) is 21.6. The quantitative estimate of drug-likeness (QED) is 0.191. The van der Waals surface area contributed by atoms with Gasteiger partial charge in [-0.2, -0.15) is 5.10 Å². The number of carboxylic acid groups (broad SMARTS) is 1. The van der Waals surface area contributed by atoms with E-state index in [9.17, 15) is 19.5 Å². The van der Waals surface area contributed by atoms with Gasteiger partial charge in [-0.25, -0.2) is 14.4 Å². The summed E-state index contributed by atoms with van der Waals surface area (Å²) in [6.07, 6.45) is 4.61. The number of rotatable bonds is 11. The summed E-state index contributed by atoms with van der Waals surface area (Å²) >= 11 is 0. The first kappa shape index (κ1) is 31.2. The lowest BCUT2D eigenvalue weighted by Crippen LogP contribution is -2.42. The lowest BCUT2D eigenvalue weighted by Gasteiger charge is -2.19. The number of nitrogens with one attached hydrogen (secondary N) is 2. The highest BCUT2D eigenvalue weighted by Crippen LogP contribution is 2.44. The molecule has 2 amide bonds. The maximum atomic E-state index is 12.7. The van der Waals surface area contributed by atoms with Gasteiger partial charge in [0.15, 0.2) is 0 Å². The maximum absolute atomic E-state index is 12.7. The van der Waals surface area contributed by atoms with Crippen LogP contribution >= 0.6 is 0 Å². The summed E-state index contributed by atoms with van der Waals surface area (Å²) < 4.78 is 12.5. The predicted octanol–water partition coefficient (Wildman–Crippen LogP) is 5.39. The van der Waals surface area contributed by atoms with Crippen LogP contribution in [-0.4, -0.2) is 62.8 Å². The first-order valence-electron chi connectivity index (χ1n) is 14.9. The summed E-state index contributed by atoms with van der Waals surface area (Å²) in [5.41, 5.74) is 5.95. The molecule has 1 atom stereocenters. The van der Waals surface area contributed by atoms with Gasteiger partial charge in [0.1, 0.15) is 18.2 Å². The maximum Gasteiger partial charge on any atom is 0.407 e. The summed E-state index contributed by atoms with van der Waals surface area (Å²) in [5, 5.41) is 19.4. The second kappa shape index (κ2) is 13.6. The van der Waals surface area contributed by atoms with Gasteiger partial charge in [0.25, 0.3) is 0 Å². The van der Waals surface area contributed by atoms with E-state index in [-0.39, 0.29) is 18.9 Å². The van der Waals surface area contributed by atoms with Crippen LogP contribution < -0.4 is 10.6 Å². The van der Waals surface area contributed by atoms with Gasteiger partial charge >= 0.3 is 18.2 Å². The smallest absolute Gasteiger partial charge is 0.407 e. The number of carbonyl (C=O) groups is 3. The number of carboxylic acids is 1. The van der Waals surface area contributed by atoms with E-state index in [1.807, 2.05) is 63.4 Å². The number of ether oxygens (including phenoxy) is 2. The van der Waals surface area contributed by atoms with Crippen molar-refractivity contribution in [3.63, 3.8) is 0 Å². The molecule has 0 fully saturated rings. The van der Waals surface area contributed by atoms with Crippen LogP contribution in [0, 0.1) is 0 Å². The Morgan fingerprint density at radius 3 is 2.27 bits per heavy atom. The number of alkyl carbamates (subject to hydrolysis) is 2. The van der Waals surface area contributed by atoms with Crippen LogP contribution in [0.5, 0.6) is 0 Å². The number of benzene rings is 2. The Morgan fingerprint density at radius 2 is 1.64 bits per heavy atom. The van der Waals surface area contributed by atoms with Crippen molar-refractivity contribution in [3.05, 3.63) is 95.9 Å². The molecule has 234 valence electrons. The fourth-order valence-electron chi connectivity index (χ4n) is 5.30. The van der Waals surface area contributed by atoms with Crippen LogP contribution in [-0.2, 0) is 27.2 Å². The van der Waals surface area contributed by atoms with E-state index in [0.717, 1.165) is 27.8 Å². The molecular formula is C34H37N5O6. The van der Waals surface area contributed by atoms with Gasteiger partial charge in [0.05, 0.1) is 11.9 Å². The summed E-state index contributed by atoms with van der Waals surface area (Å²) in [4.78, 5) is 40.9. The standard InChI is InChI=1S/C34H37N5O6/c1-34(2,3)45-32(42)35-15-8-16-39-20-23(19-37-39)29-14-13-22(18-36-29)17-30(31(40)41)38-33(43)44-21-28-26-11-6-4-9-24(26)25-10-5-7-12-27(25)28/h4-7,9-14,18-20,28,30H,8,15-17,21H2,1-3H3,(H,35,42)(H,38,43)(H,40,41)/t30-/m0/s1. The van der Waals surface area contributed by atoms with Crippen molar-refractivity contribution < 1.29 is 29.0 Å². The van der Waals surface area contributed by atoms with Crippen LogP contribution in [0.15, 0.2) is 79.3 Å². The molecule has 0 radical (unpaired) electrons. The van der Waals surface area contributed by atoms with Crippen molar-refractivity contribution >= 4 is 18.2 Å². The third-order valence-corrected chi connectivity index (χ3v) is 7.36. The number of fused-ring (bicyclic) bond motifs is 3. The molecule has 2 aromatic carbocycles. The molecule has 0 aliphatic heterocycles. The zero-order valence-electron chi connectivity index (χ0n) is 25.5. The van der Waals surface area contributed by atoms with Gasteiger partial charge in [-0.15, -0.1) is 0 Å². The Bertz CT molecular complexity index is 1610. The lowest BCUT2D eigenvalue weighted by molar-refractivity contribution is -0.139. The van der Waals surface area contributed by atoms with Crippen LogP contribution in [0.3, 0.4) is 0 Å². The molecule has 0 saturated heterocycles. The molecule has 2 aromatic heterocycles. The molecule has 4 aromatic rings. The average Bonchev–Trinajstić information content (AvgIpc) is 3.60. The van der Waals surface area contributed by atoms with E-state index >= 15 is 0 Å². The van der Waals surface area contributed by atoms with Crippen molar-refractivity contribution in [2.45, 2.75) is 57.7 Å². The first-order valence-corrected chi connectivity index (χ1v) is 14.9. The van der Waals surface area contributed by atoms with Gasteiger partial charge in [0, 0.05) is 43.4 Å². The number of pyridine rings is 1. The van der Waals surface area contributed by atoms with E-state index in [2.05, 4.69) is 32.8 Å². The number of aliphatic carboxylic acids is 1. The number of amides is 2. The highest BCUT2D eigenvalue weighted by Gasteiger charge is 2.30. The molecule has 0 bridgehead atoms. The molecular weight excluding hydrogens is 574 g/mol. The van der Waals surface area contributed by atoms with E-state index in [4.69, 9.17) is 9.47 Å². The van der Waals surface area contributed by atoms with E-state index < -0.39 is 29.8 Å². The van der Waals surface area contributed by atoms with Gasteiger partial charge in [-0.1, -0.05) is 54.6 Å². The molecule has 0 saturated carbocycles. The molecule has 2 heterocycles. The van der Waals surface area contributed by atoms with Crippen molar-refractivity contribution in [1.29, 1.82) is 0 Å². The summed E-state index contributed by atoms with van der Waals surface area (Å²) in [7, 11) is 0. The molecule has 45 heavy (non-hydrogen) atoms. The topological polar surface area (TPSA) is 145 Å². The number of nitrogens with zero attached hydrogens (tertiary/aromatic N) is 3. The molecule has 5 rings (SSSR count). The third-order valence-electron chi connectivity index (χ3n) is 7.36. The SMILES string of the molecule is CC(C)(C)OC(=O)NCCCn1cc(-c2ccc(C[C@H](NC(=O)OCC3c4ccccc4-c4ccccc43)C(=O)O)cn2)cn1. The molecule has 0 unspecified atom stereocenters. The molecule has 3 N–H and O–H groups in total. The van der Waals surface area contributed by atoms with Crippen LogP contribution in [0.2, 0.25) is 0 Å². The normalized spacial score (nSPS) is 13.0. The zero-order valence-corrected chi connectivity index (χ0v) is 25.5. The summed E-state index contributed by atoms with van der Waals surface area (Å²) in [5.74, 6) is -1.29. The molecule has 1 aliphatic rings. The van der Waals surface area contributed by atoms with Gasteiger partial charge in [-0.05, 0) is 61.1 Å². The van der Waals surface area contributed by atoms with Crippen molar-refractivity contribution in [2.24, 2.45) is 0 Å². The largest absolute Gasteiger partial charge is 0.480 e. The second-order valence-electron chi connectivity index (χ2n) is 11.9. The van der Waals surface area contributed by atoms with Crippen molar-refractivity contribution in [3.8, 4) is 22.4 Å². The highest BCUT2D eigenvalue weighted by molar-refractivity contribution is 5.81. The minimum absolute atomic E-state index is 0.0384. The monoisotopic (exact) mass is 611 g/mol. The van der Waals surface area contributed by atoms with Gasteiger partial charge in [-0.3, -0.25) is 9.67 Å².